The Labute approximate surface area is 87.9 Å². The summed E-state index contributed by atoms with van der Waals surface area (Å²) in [4.78, 5) is 32.0. The summed E-state index contributed by atoms with van der Waals surface area (Å²) in [5, 5.41) is 0. The van der Waals surface area contributed by atoms with E-state index >= 15 is 0 Å². The Hall–Kier alpha value is -1.89. The molecule has 0 fully saturated rings. The second-order valence-electron chi connectivity index (χ2n) is 3.14. The van der Waals surface area contributed by atoms with Crippen LogP contribution in [0, 0.1) is 0 Å². The van der Waals surface area contributed by atoms with Gasteiger partial charge in [-0.1, -0.05) is 6.58 Å². The highest BCUT2D eigenvalue weighted by Gasteiger charge is 2.20. The van der Waals surface area contributed by atoms with Crippen molar-refractivity contribution >= 4 is 17.9 Å². The summed E-state index contributed by atoms with van der Waals surface area (Å²) in [5.41, 5.74) is 0.424. The number of carbonyl (C=O) groups excluding carboxylic acids is 3. The zero-order valence-electron chi connectivity index (χ0n) is 8.92. The first-order valence-electron chi connectivity index (χ1n) is 4.23. The van der Waals surface area contributed by atoms with Crippen LogP contribution in [0.5, 0.6) is 0 Å². The number of ether oxygens (including phenoxy) is 1. The van der Waals surface area contributed by atoms with Crippen LogP contribution in [-0.4, -0.2) is 24.0 Å². The standard InChI is InChI=1S/C11H12O4/c1-7(2)11(14)15-10(8(3)5-12)9(4)6-13/h10H,1H2,2-4H3. The Balaban J connectivity index is 4.99. The molecule has 0 spiro atoms. The highest BCUT2D eigenvalue weighted by molar-refractivity contribution is 5.87. The van der Waals surface area contributed by atoms with E-state index in [4.69, 9.17) is 4.74 Å². The van der Waals surface area contributed by atoms with Crippen LogP contribution in [-0.2, 0) is 19.1 Å². The fourth-order valence-electron chi connectivity index (χ4n) is 0.816. The second kappa shape index (κ2) is 5.76. The number of rotatable bonds is 4. The third-order valence-electron chi connectivity index (χ3n) is 1.68. The van der Waals surface area contributed by atoms with Gasteiger partial charge in [0.25, 0.3) is 0 Å². The highest BCUT2D eigenvalue weighted by atomic mass is 16.5. The molecule has 0 aromatic rings. The summed E-state index contributed by atoms with van der Waals surface area (Å²) >= 11 is 0. The van der Waals surface area contributed by atoms with Crippen molar-refractivity contribution in [3.05, 3.63) is 23.3 Å². The summed E-state index contributed by atoms with van der Waals surface area (Å²) in [6.45, 7) is 7.70. The van der Waals surface area contributed by atoms with Crippen LogP contribution in [0.25, 0.3) is 0 Å². The van der Waals surface area contributed by atoms with Crippen LogP contribution in [0.1, 0.15) is 20.8 Å². The maximum Gasteiger partial charge on any atom is 0.334 e. The molecule has 4 heteroatoms. The first kappa shape index (κ1) is 13.1. The third-order valence-corrected chi connectivity index (χ3v) is 1.68. The fourth-order valence-corrected chi connectivity index (χ4v) is 0.816. The van der Waals surface area contributed by atoms with Crippen molar-refractivity contribution in [2.24, 2.45) is 0 Å². The molecule has 0 N–H and O–H groups in total. The molecule has 0 rings (SSSR count). The molecule has 0 aliphatic heterocycles. The monoisotopic (exact) mass is 208 g/mol. The Morgan fingerprint density at radius 2 is 1.53 bits per heavy atom. The molecule has 0 heterocycles. The lowest BCUT2D eigenvalue weighted by Gasteiger charge is -2.14. The predicted octanol–water partition coefficient (Wildman–Crippen LogP) is 1.03. The van der Waals surface area contributed by atoms with Crippen molar-refractivity contribution in [1.82, 2.24) is 0 Å². The van der Waals surface area contributed by atoms with Gasteiger partial charge in [-0.3, -0.25) is 0 Å². The van der Waals surface area contributed by atoms with Gasteiger partial charge in [-0.2, -0.15) is 0 Å². The Bertz CT molecular complexity index is 355. The van der Waals surface area contributed by atoms with Crippen molar-refractivity contribution in [1.29, 1.82) is 0 Å². The molecule has 0 aliphatic carbocycles. The van der Waals surface area contributed by atoms with Crippen molar-refractivity contribution in [3.63, 3.8) is 0 Å². The molecule has 0 amide bonds. The van der Waals surface area contributed by atoms with E-state index in [1.807, 2.05) is 0 Å². The minimum Gasteiger partial charge on any atom is -0.448 e. The van der Waals surface area contributed by atoms with Crippen molar-refractivity contribution < 1.29 is 19.1 Å². The van der Waals surface area contributed by atoms with Gasteiger partial charge in [0, 0.05) is 5.57 Å². The molecule has 0 atom stereocenters. The lowest BCUT2D eigenvalue weighted by Crippen LogP contribution is -2.21. The highest BCUT2D eigenvalue weighted by Crippen LogP contribution is 2.13. The van der Waals surface area contributed by atoms with Crippen molar-refractivity contribution in [2.75, 3.05) is 0 Å². The summed E-state index contributed by atoms with van der Waals surface area (Å²) in [6, 6.07) is 0. The molecule has 0 unspecified atom stereocenters. The van der Waals surface area contributed by atoms with E-state index in [1.165, 1.54) is 20.8 Å². The molecular weight excluding hydrogens is 196 g/mol. The lowest BCUT2D eigenvalue weighted by molar-refractivity contribution is -0.141. The molecule has 0 bridgehead atoms. The Kier molecular flexibility index (Phi) is 5.03. The summed E-state index contributed by atoms with van der Waals surface area (Å²) < 4.78 is 4.88. The Morgan fingerprint density at radius 1 is 1.13 bits per heavy atom. The zero-order chi connectivity index (χ0) is 12.0. The van der Waals surface area contributed by atoms with Crippen molar-refractivity contribution in [3.8, 4) is 0 Å². The van der Waals surface area contributed by atoms with Crippen LogP contribution in [0.4, 0.5) is 0 Å². The van der Waals surface area contributed by atoms with E-state index in [9.17, 15) is 14.4 Å². The topological polar surface area (TPSA) is 60.4 Å². The number of hydrogen-bond acceptors (Lipinski definition) is 4. The lowest BCUT2D eigenvalue weighted by atomic mass is 10.1. The SMILES string of the molecule is C=C(C)C(=O)OC(C(C)=C=O)C(C)=C=O. The van der Waals surface area contributed by atoms with Crippen LogP contribution < -0.4 is 0 Å². The largest absolute Gasteiger partial charge is 0.448 e. The van der Waals surface area contributed by atoms with Gasteiger partial charge < -0.3 is 4.74 Å². The second-order valence-corrected chi connectivity index (χ2v) is 3.14. The molecule has 15 heavy (non-hydrogen) atoms. The number of hydrogen-bond donors (Lipinski definition) is 0. The molecule has 0 aromatic heterocycles. The average molecular weight is 208 g/mol. The average Bonchev–Trinajstić information content (AvgIpc) is 2.23. The smallest absolute Gasteiger partial charge is 0.334 e. The minimum absolute atomic E-state index is 0.116. The maximum absolute atomic E-state index is 11.2. The maximum atomic E-state index is 11.2. The van der Waals surface area contributed by atoms with Crippen LogP contribution in [0.3, 0.4) is 0 Å². The van der Waals surface area contributed by atoms with Crippen LogP contribution in [0.2, 0.25) is 0 Å². The van der Waals surface area contributed by atoms with E-state index in [0.29, 0.717) is 0 Å². The van der Waals surface area contributed by atoms with Crippen molar-refractivity contribution in [2.45, 2.75) is 26.9 Å². The van der Waals surface area contributed by atoms with Gasteiger partial charge in [0.15, 0.2) is 6.10 Å². The third kappa shape index (κ3) is 3.77. The van der Waals surface area contributed by atoms with Gasteiger partial charge in [0.05, 0.1) is 11.1 Å². The quantitative estimate of drug-likeness (QED) is 0.393. The molecule has 80 valence electrons. The Morgan fingerprint density at radius 3 is 1.80 bits per heavy atom. The molecule has 0 saturated heterocycles. The molecule has 0 aliphatic rings. The summed E-state index contributed by atoms with van der Waals surface area (Å²) in [5.74, 6) is 2.51. The summed E-state index contributed by atoms with van der Waals surface area (Å²) in [6.07, 6.45) is -0.996. The van der Waals surface area contributed by atoms with E-state index in [-0.39, 0.29) is 16.7 Å². The first-order valence-corrected chi connectivity index (χ1v) is 4.23. The van der Waals surface area contributed by atoms with Gasteiger partial charge >= 0.3 is 5.97 Å². The van der Waals surface area contributed by atoms with E-state index < -0.39 is 12.1 Å². The summed E-state index contributed by atoms with van der Waals surface area (Å²) in [7, 11) is 0. The minimum atomic E-state index is -0.996. The van der Waals surface area contributed by atoms with Crippen LogP contribution >= 0.6 is 0 Å². The fraction of sp³-hybridized carbons (Fsp3) is 0.364. The number of esters is 1. The zero-order valence-corrected chi connectivity index (χ0v) is 8.92. The van der Waals surface area contributed by atoms with Crippen LogP contribution in [0.15, 0.2) is 23.3 Å². The molecule has 0 saturated carbocycles. The van der Waals surface area contributed by atoms with E-state index in [2.05, 4.69) is 6.58 Å². The van der Waals surface area contributed by atoms with Gasteiger partial charge in [-0.15, -0.1) is 0 Å². The van der Waals surface area contributed by atoms with Gasteiger partial charge in [-0.05, 0) is 20.8 Å². The van der Waals surface area contributed by atoms with Gasteiger partial charge in [-0.25, -0.2) is 14.4 Å². The molecule has 0 radical (unpaired) electrons. The molecule has 4 nitrogen and oxygen atoms in total. The molecule has 0 aromatic carbocycles. The van der Waals surface area contributed by atoms with Gasteiger partial charge in [0.1, 0.15) is 11.9 Å². The van der Waals surface area contributed by atoms with E-state index in [1.54, 1.807) is 11.9 Å². The predicted molar refractivity (Wildman–Crippen MR) is 54.5 cm³/mol. The normalized spacial score (nSPS) is 10.6. The van der Waals surface area contributed by atoms with E-state index in [0.717, 1.165) is 0 Å². The van der Waals surface area contributed by atoms with Gasteiger partial charge in [0.2, 0.25) is 0 Å². The first-order chi connectivity index (χ1) is 6.93. The molecular formula is C11H12O4. The number of carbonyl (C=O) groups is 1.